The Labute approximate surface area is 145 Å². The van der Waals surface area contributed by atoms with Crippen molar-refractivity contribution in [3.8, 4) is 0 Å². The van der Waals surface area contributed by atoms with Crippen LogP contribution in [-0.2, 0) is 4.79 Å². The second kappa shape index (κ2) is 6.54. The lowest BCUT2D eigenvalue weighted by Crippen LogP contribution is -2.56. The number of fused-ring (bicyclic) bond motifs is 3. The van der Waals surface area contributed by atoms with Crippen molar-refractivity contribution in [2.24, 2.45) is 34.5 Å². The quantitative estimate of drug-likeness (QED) is 0.544. The van der Waals surface area contributed by atoms with Crippen molar-refractivity contribution >= 4 is 6.29 Å². The van der Waals surface area contributed by atoms with Crippen molar-refractivity contribution in [1.82, 2.24) is 0 Å². The van der Waals surface area contributed by atoms with Crippen LogP contribution in [0.3, 0.4) is 0 Å². The third-order valence-corrected chi connectivity index (χ3v) is 7.79. The fourth-order valence-electron chi connectivity index (χ4n) is 6.10. The molecule has 2 saturated carbocycles. The first-order valence-corrected chi connectivity index (χ1v) is 9.45. The monoisotopic (exact) mass is 336 g/mol. The molecule has 2 fully saturated rings. The highest BCUT2D eigenvalue weighted by Crippen LogP contribution is 2.62. The average Bonchev–Trinajstić information content (AvgIpc) is 2.59. The Morgan fingerprint density at radius 3 is 2.58 bits per heavy atom. The van der Waals surface area contributed by atoms with E-state index in [4.69, 9.17) is 0 Å². The van der Waals surface area contributed by atoms with E-state index in [9.17, 15) is 20.1 Å². The van der Waals surface area contributed by atoms with Gasteiger partial charge in [0.2, 0.25) is 0 Å². The van der Waals surface area contributed by atoms with Gasteiger partial charge in [0.1, 0.15) is 6.29 Å². The molecule has 0 saturated heterocycles. The molecule has 4 nitrogen and oxygen atoms in total. The van der Waals surface area contributed by atoms with Crippen LogP contribution in [0.25, 0.3) is 0 Å². The van der Waals surface area contributed by atoms with E-state index < -0.39 is 11.5 Å². The van der Waals surface area contributed by atoms with E-state index in [0.717, 1.165) is 38.4 Å². The minimum Gasteiger partial charge on any atom is -0.396 e. The second-order valence-electron chi connectivity index (χ2n) is 8.83. The topological polar surface area (TPSA) is 77.8 Å². The summed E-state index contributed by atoms with van der Waals surface area (Å²) < 4.78 is 0. The van der Waals surface area contributed by atoms with Crippen LogP contribution in [0.4, 0.5) is 0 Å². The standard InChI is InChI=1S/C20H32O4/c1-19-8-7-18(24)20(2,12-23)17(19)6-4-14-9-13(3-5-16(14)19)15(10-21)11-22/h4,12-13,15-18,21-22,24H,3,5-11H2,1-2H3/t13-,16-,17+,18-,19+,20-/m1/s1. The first-order chi connectivity index (χ1) is 11.4. The summed E-state index contributed by atoms with van der Waals surface area (Å²) in [6, 6.07) is 0. The van der Waals surface area contributed by atoms with Gasteiger partial charge in [0, 0.05) is 19.1 Å². The molecule has 0 radical (unpaired) electrons. The molecule has 0 aromatic heterocycles. The van der Waals surface area contributed by atoms with E-state index in [1.807, 2.05) is 6.92 Å². The summed E-state index contributed by atoms with van der Waals surface area (Å²) >= 11 is 0. The number of carbonyl (C=O) groups excluding carboxylic acids is 1. The van der Waals surface area contributed by atoms with Gasteiger partial charge in [0.15, 0.2) is 0 Å². The Kier molecular flexibility index (Phi) is 4.93. The zero-order chi connectivity index (χ0) is 17.5. The van der Waals surface area contributed by atoms with Gasteiger partial charge in [-0.15, -0.1) is 0 Å². The van der Waals surface area contributed by atoms with Crippen LogP contribution in [0.5, 0.6) is 0 Å². The molecule has 24 heavy (non-hydrogen) atoms. The van der Waals surface area contributed by atoms with Crippen molar-refractivity contribution in [3.63, 3.8) is 0 Å². The molecular weight excluding hydrogens is 304 g/mol. The number of aldehydes is 1. The molecule has 4 heteroatoms. The summed E-state index contributed by atoms with van der Waals surface area (Å²) in [5.74, 6) is 1.00. The number of carbonyl (C=O) groups is 1. The van der Waals surface area contributed by atoms with Crippen LogP contribution in [0, 0.1) is 34.5 Å². The summed E-state index contributed by atoms with van der Waals surface area (Å²) in [7, 11) is 0. The minimum absolute atomic E-state index is 0.0224. The SMILES string of the molecule is C[C@]1(C=O)[C@H](O)CC[C@@]2(C)[C@@H]3CC[C@@H](C(CO)CO)CC3=CC[C@H]12. The van der Waals surface area contributed by atoms with E-state index in [1.54, 1.807) is 0 Å². The van der Waals surface area contributed by atoms with Crippen molar-refractivity contribution in [3.05, 3.63) is 11.6 Å². The average molecular weight is 336 g/mol. The van der Waals surface area contributed by atoms with Crippen LogP contribution in [0.2, 0.25) is 0 Å². The molecule has 136 valence electrons. The van der Waals surface area contributed by atoms with E-state index in [1.165, 1.54) is 5.57 Å². The van der Waals surface area contributed by atoms with E-state index in [-0.39, 0.29) is 30.5 Å². The van der Waals surface area contributed by atoms with Gasteiger partial charge < -0.3 is 20.1 Å². The Hall–Kier alpha value is -0.710. The molecular formula is C20H32O4. The van der Waals surface area contributed by atoms with Gasteiger partial charge in [-0.3, -0.25) is 0 Å². The van der Waals surface area contributed by atoms with Gasteiger partial charge in [0.25, 0.3) is 0 Å². The summed E-state index contributed by atoms with van der Waals surface area (Å²) in [6.45, 7) is 4.35. The van der Waals surface area contributed by atoms with Crippen molar-refractivity contribution in [2.45, 2.75) is 58.5 Å². The number of hydrogen-bond acceptors (Lipinski definition) is 4. The fourth-order valence-corrected chi connectivity index (χ4v) is 6.10. The maximum atomic E-state index is 11.8. The van der Waals surface area contributed by atoms with Crippen molar-refractivity contribution in [1.29, 1.82) is 0 Å². The minimum atomic E-state index is -0.648. The Balaban J connectivity index is 1.87. The predicted molar refractivity (Wildman–Crippen MR) is 92.2 cm³/mol. The van der Waals surface area contributed by atoms with Crippen molar-refractivity contribution in [2.75, 3.05) is 13.2 Å². The highest BCUT2D eigenvalue weighted by Gasteiger charge is 2.58. The molecule has 6 atom stereocenters. The number of aliphatic hydroxyl groups is 3. The lowest BCUT2D eigenvalue weighted by Gasteiger charge is -2.59. The van der Waals surface area contributed by atoms with Gasteiger partial charge in [-0.1, -0.05) is 25.5 Å². The summed E-state index contributed by atoms with van der Waals surface area (Å²) in [6.07, 6.45) is 8.33. The lowest BCUT2D eigenvalue weighted by molar-refractivity contribution is -0.150. The zero-order valence-electron chi connectivity index (χ0n) is 14.9. The molecule has 0 spiro atoms. The molecule has 0 heterocycles. The lowest BCUT2D eigenvalue weighted by atomic mass is 9.45. The normalized spacial score (nSPS) is 45.3. The second-order valence-corrected chi connectivity index (χ2v) is 8.83. The van der Waals surface area contributed by atoms with Crippen LogP contribution in [0.15, 0.2) is 11.6 Å². The molecule has 3 N–H and O–H groups in total. The number of rotatable bonds is 4. The predicted octanol–water partition coefficient (Wildman–Crippen LogP) is 2.32. The van der Waals surface area contributed by atoms with Crippen LogP contribution in [0.1, 0.15) is 52.4 Å². The summed E-state index contributed by atoms with van der Waals surface area (Å²) in [5.41, 5.74) is 0.879. The largest absolute Gasteiger partial charge is 0.396 e. The maximum absolute atomic E-state index is 11.8. The van der Waals surface area contributed by atoms with Crippen LogP contribution >= 0.6 is 0 Å². The first kappa shape index (κ1) is 18.1. The smallest absolute Gasteiger partial charge is 0.128 e. The molecule has 0 aromatic carbocycles. The zero-order valence-corrected chi connectivity index (χ0v) is 14.9. The van der Waals surface area contributed by atoms with Gasteiger partial charge >= 0.3 is 0 Å². The van der Waals surface area contributed by atoms with Gasteiger partial charge in [0.05, 0.1) is 11.5 Å². The van der Waals surface area contributed by atoms with E-state index in [2.05, 4.69) is 13.0 Å². The fraction of sp³-hybridized carbons (Fsp3) is 0.850. The van der Waals surface area contributed by atoms with E-state index >= 15 is 0 Å². The third-order valence-electron chi connectivity index (χ3n) is 7.79. The molecule has 3 aliphatic rings. The van der Waals surface area contributed by atoms with Gasteiger partial charge in [-0.25, -0.2) is 0 Å². The molecule has 0 amide bonds. The maximum Gasteiger partial charge on any atom is 0.128 e. The molecule has 0 aromatic rings. The third kappa shape index (κ3) is 2.58. The van der Waals surface area contributed by atoms with Gasteiger partial charge in [-0.05, 0) is 61.7 Å². The molecule has 0 bridgehead atoms. The highest BCUT2D eigenvalue weighted by molar-refractivity contribution is 5.61. The Bertz CT molecular complexity index is 512. The molecule has 0 unspecified atom stereocenters. The van der Waals surface area contributed by atoms with Crippen LogP contribution in [-0.4, -0.2) is 40.9 Å². The molecule has 3 aliphatic carbocycles. The van der Waals surface area contributed by atoms with E-state index in [0.29, 0.717) is 18.3 Å². The summed E-state index contributed by atoms with van der Waals surface area (Å²) in [4.78, 5) is 11.8. The number of allylic oxidation sites excluding steroid dienone is 2. The molecule has 0 aliphatic heterocycles. The Morgan fingerprint density at radius 2 is 1.96 bits per heavy atom. The number of hydrogen-bond donors (Lipinski definition) is 3. The highest BCUT2D eigenvalue weighted by atomic mass is 16.3. The first-order valence-electron chi connectivity index (χ1n) is 9.45. The van der Waals surface area contributed by atoms with Crippen molar-refractivity contribution < 1.29 is 20.1 Å². The molecule has 3 rings (SSSR count). The van der Waals surface area contributed by atoms with Gasteiger partial charge in [-0.2, -0.15) is 0 Å². The Morgan fingerprint density at radius 1 is 1.25 bits per heavy atom. The van der Waals surface area contributed by atoms with Crippen LogP contribution < -0.4 is 0 Å². The number of aliphatic hydroxyl groups excluding tert-OH is 3. The summed E-state index contributed by atoms with van der Waals surface area (Å²) in [5, 5.41) is 29.4.